The number of carbonyl (C=O) groups excluding carboxylic acids is 3. The summed E-state index contributed by atoms with van der Waals surface area (Å²) in [4.78, 5) is 35.7. The van der Waals surface area contributed by atoms with E-state index in [9.17, 15) is 14.4 Å². The van der Waals surface area contributed by atoms with Gasteiger partial charge in [-0.1, -0.05) is 31.2 Å². The summed E-state index contributed by atoms with van der Waals surface area (Å²) in [5.41, 5.74) is 2.00. The molecule has 0 aromatic heterocycles. The van der Waals surface area contributed by atoms with Crippen LogP contribution in [0.5, 0.6) is 0 Å². The fraction of sp³-hybridized carbons (Fsp3) is 0.783. The average molecular weight is 403 g/mol. The van der Waals surface area contributed by atoms with E-state index in [1.807, 2.05) is 6.08 Å². The number of allylic oxidation sites excluding steroid dienone is 1. The zero-order valence-corrected chi connectivity index (χ0v) is 17.7. The third-order valence-corrected chi connectivity index (χ3v) is 10.7. The molecule has 0 N–H and O–H groups in total. The van der Waals surface area contributed by atoms with Crippen LogP contribution in [0.1, 0.15) is 71.6 Å². The van der Waals surface area contributed by atoms with Crippen LogP contribution in [0.2, 0.25) is 0 Å². The minimum absolute atomic E-state index is 0.0157. The lowest BCUT2D eigenvalue weighted by Crippen LogP contribution is -2.57. The van der Waals surface area contributed by atoms with Crippen LogP contribution in [0.3, 0.4) is 0 Å². The average Bonchev–Trinajstić information content (AvgIpc) is 3.17. The first-order valence-electron chi connectivity index (χ1n) is 10.9. The standard InChI is InChI=1S/C23H30O4S/c1-21-8-5-18-16(17(21)6-9-23(21)10-7-20(26)27-23)4-3-14-11-15(25)12-19(28-13-24)22(14,18)2/h11,13,16-19H,3-10,12H2,1-2H3/t16?,17?,18-,19+,21?,22?,23+/m0/s1. The normalized spacial score (nSPS) is 49.9. The van der Waals surface area contributed by atoms with Gasteiger partial charge in [-0.3, -0.25) is 14.4 Å². The third-order valence-electron chi connectivity index (χ3n) is 9.59. The van der Waals surface area contributed by atoms with E-state index < -0.39 is 0 Å². The van der Waals surface area contributed by atoms with Crippen LogP contribution in [-0.2, 0) is 19.1 Å². The third kappa shape index (κ3) is 2.28. The number of ketones is 1. The van der Waals surface area contributed by atoms with Gasteiger partial charge >= 0.3 is 5.97 Å². The number of rotatable bonds is 2. The molecule has 0 radical (unpaired) electrons. The highest BCUT2D eigenvalue weighted by atomic mass is 32.2. The van der Waals surface area contributed by atoms with Gasteiger partial charge in [0, 0.05) is 28.9 Å². The molecule has 1 heterocycles. The summed E-state index contributed by atoms with van der Waals surface area (Å²) in [5, 5.41) is 0.0642. The van der Waals surface area contributed by atoms with Crippen molar-refractivity contribution in [2.75, 3.05) is 0 Å². The molecule has 4 nitrogen and oxygen atoms in total. The first-order valence-corrected chi connectivity index (χ1v) is 11.8. The maximum absolute atomic E-state index is 12.3. The van der Waals surface area contributed by atoms with E-state index in [1.54, 1.807) is 0 Å². The lowest BCUT2D eigenvalue weighted by molar-refractivity contribution is -0.167. The minimum atomic E-state index is -0.240. The lowest BCUT2D eigenvalue weighted by Gasteiger charge is -2.60. The summed E-state index contributed by atoms with van der Waals surface area (Å²) >= 11 is 1.33. The first-order chi connectivity index (χ1) is 13.3. The van der Waals surface area contributed by atoms with Crippen LogP contribution < -0.4 is 0 Å². The highest BCUT2D eigenvalue weighted by molar-refractivity contribution is 8.12. The predicted molar refractivity (Wildman–Crippen MR) is 108 cm³/mol. The van der Waals surface area contributed by atoms with Crippen molar-refractivity contribution in [1.82, 2.24) is 0 Å². The van der Waals surface area contributed by atoms with Crippen LogP contribution in [0.4, 0.5) is 0 Å². The van der Waals surface area contributed by atoms with Crippen molar-refractivity contribution in [2.24, 2.45) is 28.6 Å². The summed E-state index contributed by atoms with van der Waals surface area (Å²) in [7, 11) is 0. The number of ether oxygens (including phenoxy) is 1. The Balaban J connectivity index is 1.51. The Morgan fingerprint density at radius 1 is 1.07 bits per heavy atom. The van der Waals surface area contributed by atoms with Gasteiger partial charge in [0.15, 0.2) is 11.4 Å². The molecule has 0 bridgehead atoms. The van der Waals surface area contributed by atoms with Crippen molar-refractivity contribution in [1.29, 1.82) is 0 Å². The number of fused-ring (bicyclic) bond motifs is 6. The largest absolute Gasteiger partial charge is 0.458 e. The SMILES string of the molecule is CC12C(=CC(=O)C[C@H]1SC=O)CCC1C3CC[C@@]4(CCC(=O)O4)C3(C)CC[C@@H]12. The van der Waals surface area contributed by atoms with Crippen LogP contribution in [0.25, 0.3) is 0 Å². The molecule has 4 unspecified atom stereocenters. The molecule has 4 aliphatic carbocycles. The van der Waals surface area contributed by atoms with Gasteiger partial charge in [-0.15, -0.1) is 0 Å². The predicted octanol–water partition coefficient (Wildman–Crippen LogP) is 4.50. The van der Waals surface area contributed by atoms with Crippen molar-refractivity contribution in [3.63, 3.8) is 0 Å². The maximum atomic E-state index is 12.3. The molecule has 0 aromatic rings. The summed E-state index contributed by atoms with van der Waals surface area (Å²) in [6.45, 7) is 4.71. The van der Waals surface area contributed by atoms with Gasteiger partial charge in [0.2, 0.25) is 0 Å². The number of thioether (sulfide) groups is 1. The number of carbonyl (C=O) groups is 3. The molecule has 0 amide bonds. The summed E-state index contributed by atoms with van der Waals surface area (Å²) in [6.07, 6.45) is 10.3. The van der Waals surface area contributed by atoms with Gasteiger partial charge in [-0.2, -0.15) is 0 Å². The topological polar surface area (TPSA) is 60.4 Å². The molecule has 28 heavy (non-hydrogen) atoms. The smallest absolute Gasteiger partial charge is 0.306 e. The number of esters is 1. The molecule has 4 fully saturated rings. The van der Waals surface area contributed by atoms with Crippen molar-refractivity contribution in [3.8, 4) is 0 Å². The quantitative estimate of drug-likeness (QED) is 0.503. The zero-order valence-electron chi connectivity index (χ0n) is 16.9. The Labute approximate surface area is 171 Å². The Hall–Kier alpha value is -1.10. The van der Waals surface area contributed by atoms with E-state index in [2.05, 4.69) is 13.8 Å². The second-order valence-electron chi connectivity index (χ2n) is 10.2. The molecule has 1 aliphatic heterocycles. The van der Waals surface area contributed by atoms with Crippen LogP contribution >= 0.6 is 11.8 Å². The molecule has 3 saturated carbocycles. The fourth-order valence-corrected chi connectivity index (χ4v) is 9.14. The van der Waals surface area contributed by atoms with Crippen LogP contribution in [0, 0.1) is 28.6 Å². The molecule has 0 aromatic carbocycles. The molecular formula is C23H30O4S. The van der Waals surface area contributed by atoms with E-state index in [0.717, 1.165) is 50.6 Å². The van der Waals surface area contributed by atoms with Crippen LogP contribution in [0.15, 0.2) is 11.6 Å². The van der Waals surface area contributed by atoms with E-state index in [0.29, 0.717) is 30.6 Å². The molecule has 5 rings (SSSR count). The molecule has 5 aliphatic rings. The summed E-state index contributed by atoms with van der Waals surface area (Å²) < 4.78 is 6.02. The second kappa shape index (κ2) is 6.20. The minimum Gasteiger partial charge on any atom is -0.458 e. The molecule has 7 atom stereocenters. The monoisotopic (exact) mass is 402 g/mol. The molecule has 1 spiro atoms. The zero-order chi connectivity index (χ0) is 19.7. The summed E-state index contributed by atoms with van der Waals surface area (Å²) in [6, 6.07) is 0. The van der Waals surface area contributed by atoms with Gasteiger partial charge in [-0.05, 0) is 68.8 Å². The van der Waals surface area contributed by atoms with E-state index in [1.165, 1.54) is 17.3 Å². The van der Waals surface area contributed by atoms with Crippen molar-refractivity contribution < 1.29 is 19.1 Å². The number of hydrogen-bond donors (Lipinski definition) is 0. The number of hydrogen-bond acceptors (Lipinski definition) is 5. The van der Waals surface area contributed by atoms with Gasteiger partial charge in [0.05, 0.1) is 0 Å². The van der Waals surface area contributed by atoms with Gasteiger partial charge in [-0.25, -0.2) is 0 Å². The Morgan fingerprint density at radius 2 is 1.86 bits per heavy atom. The summed E-state index contributed by atoms with van der Waals surface area (Å²) in [5.74, 6) is 1.86. The van der Waals surface area contributed by atoms with E-state index in [-0.39, 0.29) is 33.4 Å². The van der Waals surface area contributed by atoms with Crippen molar-refractivity contribution in [3.05, 3.63) is 11.6 Å². The molecule has 1 saturated heterocycles. The van der Waals surface area contributed by atoms with Gasteiger partial charge in [0.1, 0.15) is 5.60 Å². The Kier molecular flexibility index (Phi) is 4.18. The second-order valence-corrected chi connectivity index (χ2v) is 11.3. The highest BCUT2D eigenvalue weighted by Crippen LogP contribution is 2.70. The van der Waals surface area contributed by atoms with Gasteiger partial charge in [0.25, 0.3) is 0 Å². The highest BCUT2D eigenvalue weighted by Gasteiger charge is 2.67. The van der Waals surface area contributed by atoms with Crippen LogP contribution in [-0.4, -0.2) is 28.2 Å². The lowest BCUT2D eigenvalue weighted by atomic mass is 9.46. The van der Waals surface area contributed by atoms with Crippen molar-refractivity contribution in [2.45, 2.75) is 82.5 Å². The van der Waals surface area contributed by atoms with E-state index in [4.69, 9.17) is 4.74 Å². The molecular weight excluding hydrogens is 372 g/mol. The molecule has 5 heteroatoms. The van der Waals surface area contributed by atoms with E-state index >= 15 is 0 Å². The molecule has 152 valence electrons. The van der Waals surface area contributed by atoms with Crippen molar-refractivity contribution >= 4 is 29.1 Å². The Morgan fingerprint density at radius 3 is 2.57 bits per heavy atom. The first kappa shape index (κ1) is 18.9. The van der Waals surface area contributed by atoms with Gasteiger partial charge < -0.3 is 4.74 Å². The fourth-order valence-electron chi connectivity index (χ4n) is 8.14. The Bertz CT molecular complexity index is 775. The maximum Gasteiger partial charge on any atom is 0.306 e.